The molecule has 0 saturated carbocycles. The average molecular weight is 793 g/mol. The summed E-state index contributed by atoms with van der Waals surface area (Å²) in [5.41, 5.74) is 19.8. The lowest BCUT2D eigenvalue weighted by atomic mass is 9.43. The monoisotopic (exact) mass is 792 g/mol. The maximum absolute atomic E-state index is 7.19. The molecular formula is C56H49BN2O2. The predicted octanol–water partition coefficient (Wildman–Crippen LogP) is 14.2. The van der Waals surface area contributed by atoms with Crippen molar-refractivity contribution in [2.45, 2.75) is 78.6 Å². The van der Waals surface area contributed by atoms with E-state index in [2.05, 4.69) is 199 Å². The second-order valence-electron chi connectivity index (χ2n) is 20.6. The third-order valence-electron chi connectivity index (χ3n) is 13.7. The van der Waals surface area contributed by atoms with Gasteiger partial charge < -0.3 is 18.2 Å². The van der Waals surface area contributed by atoms with E-state index in [9.17, 15) is 0 Å². The standard InChI is InChI=1S/C56H49BN2O2/c1-54(2,3)33-19-23-36(24-20-33)59-44-26-22-35(56(7,8)9)28-40(44)48-49-37-17-13-14-18-46(37)61-53(49)50-39-27-34(55(4,5)6)21-25-43(39)58-45-29-38-41(32-15-11-10-12-16-32)31-60-47(38)30-42(45)57(59)51(48)52(50)58/h10-31H,1-9H3. The van der Waals surface area contributed by atoms with Crippen LogP contribution in [0.5, 0.6) is 0 Å². The van der Waals surface area contributed by atoms with Crippen molar-refractivity contribution in [3.05, 3.63) is 150 Å². The molecule has 10 aromatic rings. The molecule has 7 aromatic carbocycles. The maximum atomic E-state index is 7.19. The second kappa shape index (κ2) is 12.1. The number of benzene rings is 7. The molecule has 298 valence electrons. The van der Waals surface area contributed by atoms with E-state index in [1.54, 1.807) is 0 Å². The molecule has 0 fully saturated rings. The zero-order chi connectivity index (χ0) is 41.9. The van der Waals surface area contributed by atoms with Crippen LogP contribution in [0.4, 0.5) is 11.4 Å². The molecule has 0 N–H and O–H groups in total. The molecule has 0 aliphatic carbocycles. The minimum absolute atomic E-state index is 0.0261. The highest BCUT2D eigenvalue weighted by molar-refractivity contribution is 6.94. The first kappa shape index (κ1) is 36.4. The Morgan fingerprint density at radius 3 is 1.93 bits per heavy atom. The van der Waals surface area contributed by atoms with Gasteiger partial charge in [-0.05, 0) is 110 Å². The topological polar surface area (TPSA) is 34.5 Å². The number of hydrogen-bond donors (Lipinski definition) is 0. The van der Waals surface area contributed by atoms with Crippen molar-refractivity contribution in [1.82, 2.24) is 4.57 Å². The highest BCUT2D eigenvalue weighted by Gasteiger charge is 2.46. The van der Waals surface area contributed by atoms with E-state index in [4.69, 9.17) is 8.83 Å². The number of rotatable bonds is 2. The Morgan fingerprint density at radius 1 is 0.525 bits per heavy atom. The van der Waals surface area contributed by atoms with Gasteiger partial charge in [0.1, 0.15) is 16.7 Å². The molecule has 0 radical (unpaired) electrons. The van der Waals surface area contributed by atoms with Crippen LogP contribution in [-0.4, -0.2) is 11.4 Å². The molecule has 5 heterocycles. The summed E-state index contributed by atoms with van der Waals surface area (Å²) in [5.74, 6) is 0. The van der Waals surface area contributed by atoms with Gasteiger partial charge in [-0.15, -0.1) is 0 Å². The lowest BCUT2D eigenvalue weighted by Gasteiger charge is -2.42. The minimum Gasteiger partial charge on any atom is -0.464 e. The van der Waals surface area contributed by atoms with Crippen molar-refractivity contribution < 1.29 is 8.83 Å². The van der Waals surface area contributed by atoms with E-state index in [-0.39, 0.29) is 23.1 Å². The van der Waals surface area contributed by atoms with Gasteiger partial charge in [-0.3, -0.25) is 0 Å². The molecule has 0 amide bonds. The van der Waals surface area contributed by atoms with Crippen LogP contribution < -0.4 is 15.7 Å². The molecule has 12 rings (SSSR count). The number of nitrogens with zero attached hydrogens (tertiary/aromatic N) is 2. The summed E-state index contributed by atoms with van der Waals surface area (Å²) in [7, 11) is 0. The fourth-order valence-corrected chi connectivity index (χ4v) is 10.5. The number of para-hydroxylation sites is 1. The van der Waals surface area contributed by atoms with Crippen LogP contribution in [0.25, 0.3) is 82.7 Å². The van der Waals surface area contributed by atoms with Crippen LogP contribution in [0.1, 0.15) is 79.0 Å². The molecule has 5 heteroatoms. The Kier molecular flexibility index (Phi) is 7.22. The SMILES string of the molecule is CC(C)(C)c1ccc(N2B3c4cc5occ(-c6ccccc6)c5cc4-n4c5ccc(C(C)(C)C)cc5c5c6oc7ccccc7c6c(c3c54)-c3cc(C(C)(C)C)ccc32)cc1. The second-order valence-corrected chi connectivity index (χ2v) is 20.6. The highest BCUT2D eigenvalue weighted by atomic mass is 16.3. The van der Waals surface area contributed by atoms with Crippen LogP contribution in [-0.2, 0) is 16.2 Å². The molecule has 0 atom stereocenters. The average Bonchev–Trinajstić information content (AvgIpc) is 3.93. The largest absolute Gasteiger partial charge is 0.464 e. The quantitative estimate of drug-likeness (QED) is 0.164. The fraction of sp³-hybridized carbons (Fsp3) is 0.214. The van der Waals surface area contributed by atoms with Crippen molar-refractivity contribution >= 4 is 83.9 Å². The first-order valence-electron chi connectivity index (χ1n) is 21.8. The van der Waals surface area contributed by atoms with Crippen molar-refractivity contribution in [2.24, 2.45) is 0 Å². The first-order chi connectivity index (χ1) is 29.2. The third kappa shape index (κ3) is 5.07. The smallest absolute Gasteiger partial charge is 0.333 e. The van der Waals surface area contributed by atoms with Gasteiger partial charge in [0.15, 0.2) is 0 Å². The molecule has 0 unspecified atom stereocenters. The van der Waals surface area contributed by atoms with Crippen LogP contribution in [0, 0.1) is 0 Å². The van der Waals surface area contributed by atoms with Gasteiger partial charge in [0.25, 0.3) is 0 Å². The van der Waals surface area contributed by atoms with Gasteiger partial charge in [0.2, 0.25) is 0 Å². The molecule has 2 aliphatic rings. The first-order valence-corrected chi connectivity index (χ1v) is 21.8. The Balaban J connectivity index is 1.32. The van der Waals surface area contributed by atoms with Crippen LogP contribution in [0.15, 0.2) is 142 Å². The van der Waals surface area contributed by atoms with E-state index in [1.807, 2.05) is 6.26 Å². The van der Waals surface area contributed by atoms with E-state index < -0.39 is 0 Å². The summed E-state index contributed by atoms with van der Waals surface area (Å²) in [6, 6.07) is 47.7. The molecule has 0 bridgehead atoms. The van der Waals surface area contributed by atoms with Crippen molar-refractivity contribution in [2.75, 3.05) is 4.81 Å². The number of furan rings is 2. The summed E-state index contributed by atoms with van der Waals surface area (Å²) in [6.07, 6.45) is 1.94. The van der Waals surface area contributed by atoms with Gasteiger partial charge in [-0.25, -0.2) is 0 Å². The maximum Gasteiger partial charge on any atom is 0.333 e. The number of anilines is 2. The summed E-state index contributed by atoms with van der Waals surface area (Å²) in [5, 5.41) is 5.83. The van der Waals surface area contributed by atoms with Crippen molar-refractivity contribution in [3.8, 4) is 27.9 Å². The summed E-state index contributed by atoms with van der Waals surface area (Å²) in [4.78, 5) is 2.62. The van der Waals surface area contributed by atoms with Crippen LogP contribution in [0.3, 0.4) is 0 Å². The van der Waals surface area contributed by atoms with E-state index in [1.165, 1.54) is 77.3 Å². The Labute approximate surface area is 357 Å². The summed E-state index contributed by atoms with van der Waals surface area (Å²) >= 11 is 0. The van der Waals surface area contributed by atoms with Gasteiger partial charge in [0, 0.05) is 49.7 Å². The van der Waals surface area contributed by atoms with Crippen molar-refractivity contribution in [1.29, 1.82) is 0 Å². The zero-order valence-electron chi connectivity index (χ0n) is 36.5. The Hall–Kier alpha value is -6.46. The molecule has 61 heavy (non-hydrogen) atoms. The Bertz CT molecular complexity index is 3470. The number of fused-ring (bicyclic) bond motifs is 14. The molecule has 2 aliphatic heterocycles. The number of hydrogen-bond acceptors (Lipinski definition) is 3. The molecule has 0 saturated heterocycles. The van der Waals surface area contributed by atoms with Crippen molar-refractivity contribution in [3.63, 3.8) is 0 Å². The number of aromatic nitrogens is 1. The van der Waals surface area contributed by atoms with Crippen LogP contribution in [0.2, 0.25) is 0 Å². The molecular weight excluding hydrogens is 743 g/mol. The third-order valence-corrected chi connectivity index (χ3v) is 13.7. The lowest BCUT2D eigenvalue weighted by Crippen LogP contribution is -2.60. The summed E-state index contributed by atoms with van der Waals surface area (Å²) in [6.45, 7) is 20.6. The van der Waals surface area contributed by atoms with Gasteiger partial charge in [-0.1, -0.05) is 135 Å². The van der Waals surface area contributed by atoms with Gasteiger partial charge in [-0.2, -0.15) is 0 Å². The molecule has 0 spiro atoms. The highest BCUT2D eigenvalue weighted by Crippen LogP contribution is 2.52. The lowest BCUT2D eigenvalue weighted by molar-refractivity contribution is 0.590. The van der Waals surface area contributed by atoms with Gasteiger partial charge in [0.05, 0.1) is 22.7 Å². The Morgan fingerprint density at radius 2 is 1.20 bits per heavy atom. The van der Waals surface area contributed by atoms with E-state index in [0.29, 0.717) is 0 Å². The van der Waals surface area contributed by atoms with E-state index >= 15 is 0 Å². The predicted molar refractivity (Wildman–Crippen MR) is 258 cm³/mol. The zero-order valence-corrected chi connectivity index (χ0v) is 36.5. The van der Waals surface area contributed by atoms with Crippen LogP contribution >= 0.6 is 0 Å². The molecule has 4 nitrogen and oxygen atoms in total. The summed E-state index contributed by atoms with van der Waals surface area (Å²) < 4.78 is 16.3. The fourth-order valence-electron chi connectivity index (χ4n) is 10.5. The van der Waals surface area contributed by atoms with Gasteiger partial charge >= 0.3 is 6.85 Å². The molecule has 3 aromatic heterocycles. The van der Waals surface area contributed by atoms with E-state index in [0.717, 1.165) is 44.3 Å². The minimum atomic E-state index is -0.174. The normalized spacial score (nSPS) is 13.9.